The molecule has 6 nitrogen and oxygen atoms in total. The number of aliphatic carboxylic acids is 1. The standard InChI is InChI=1S/C15H19IN2O4S2/c1-9(22-12-5-3-11(16)4-6-12)14(18-10(2)19)8-24-23-7-13(17)15(20)21/h3-6,13-14H,1,7-8,17H2,2H3,(H,18,19)(H,20,21). The number of carbonyl (C=O) groups excluding carboxylic acids is 1. The zero-order valence-electron chi connectivity index (χ0n) is 13.0. The summed E-state index contributed by atoms with van der Waals surface area (Å²) in [5.74, 6) is 0.591. The number of carboxylic acids is 1. The van der Waals surface area contributed by atoms with Crippen molar-refractivity contribution in [1.29, 1.82) is 0 Å². The topological polar surface area (TPSA) is 102 Å². The summed E-state index contributed by atoms with van der Waals surface area (Å²) in [5.41, 5.74) is 5.44. The van der Waals surface area contributed by atoms with E-state index in [1.807, 2.05) is 24.3 Å². The highest BCUT2D eigenvalue weighted by Gasteiger charge is 2.18. The van der Waals surface area contributed by atoms with E-state index in [1.165, 1.54) is 28.5 Å². The highest BCUT2D eigenvalue weighted by molar-refractivity contribution is 14.1. The lowest BCUT2D eigenvalue weighted by molar-refractivity contribution is -0.137. The molecule has 9 heteroatoms. The molecule has 0 aliphatic heterocycles. The lowest BCUT2D eigenvalue weighted by Crippen LogP contribution is -2.38. The molecule has 2 atom stereocenters. The average Bonchev–Trinajstić information content (AvgIpc) is 2.51. The van der Waals surface area contributed by atoms with Crippen LogP contribution < -0.4 is 15.8 Å². The van der Waals surface area contributed by atoms with Crippen LogP contribution in [0.25, 0.3) is 0 Å². The molecule has 0 aromatic heterocycles. The van der Waals surface area contributed by atoms with E-state index in [0.717, 1.165) is 3.57 Å². The Morgan fingerprint density at radius 3 is 2.46 bits per heavy atom. The summed E-state index contributed by atoms with van der Waals surface area (Å²) in [6.07, 6.45) is 0. The first-order valence-corrected chi connectivity index (χ1v) is 10.5. The van der Waals surface area contributed by atoms with E-state index in [2.05, 4.69) is 34.5 Å². The fourth-order valence-corrected chi connectivity index (χ4v) is 4.17. The quantitative estimate of drug-likeness (QED) is 0.204. The van der Waals surface area contributed by atoms with Gasteiger partial charge in [0.15, 0.2) is 0 Å². The van der Waals surface area contributed by atoms with Crippen molar-refractivity contribution in [3.8, 4) is 5.75 Å². The number of amides is 1. The van der Waals surface area contributed by atoms with Crippen LogP contribution in [0.3, 0.4) is 0 Å². The average molecular weight is 482 g/mol. The summed E-state index contributed by atoms with van der Waals surface area (Å²) < 4.78 is 6.78. The summed E-state index contributed by atoms with van der Waals surface area (Å²) in [6, 6.07) is 6.17. The van der Waals surface area contributed by atoms with Crippen molar-refractivity contribution in [3.63, 3.8) is 0 Å². The largest absolute Gasteiger partial charge is 0.480 e. The Labute approximate surface area is 162 Å². The molecule has 0 bridgehead atoms. The maximum Gasteiger partial charge on any atom is 0.321 e. The zero-order valence-corrected chi connectivity index (χ0v) is 16.8. The third-order valence-electron chi connectivity index (χ3n) is 2.71. The van der Waals surface area contributed by atoms with E-state index in [4.69, 9.17) is 15.6 Å². The van der Waals surface area contributed by atoms with Crippen LogP contribution in [0.1, 0.15) is 6.92 Å². The van der Waals surface area contributed by atoms with Crippen LogP contribution in [0.5, 0.6) is 5.75 Å². The smallest absolute Gasteiger partial charge is 0.321 e. The predicted molar refractivity (Wildman–Crippen MR) is 107 cm³/mol. The highest BCUT2D eigenvalue weighted by atomic mass is 127. The van der Waals surface area contributed by atoms with E-state index in [0.29, 0.717) is 17.3 Å². The molecule has 1 amide bonds. The SMILES string of the molecule is C=C(Oc1ccc(I)cc1)C(CSSCC(N)C(=O)O)NC(C)=O. The Bertz CT molecular complexity index is 583. The number of halogens is 1. The summed E-state index contributed by atoms with van der Waals surface area (Å²) in [4.78, 5) is 22.0. The Balaban J connectivity index is 2.54. The Kier molecular flexibility index (Phi) is 9.56. The summed E-state index contributed by atoms with van der Waals surface area (Å²) >= 11 is 2.20. The van der Waals surface area contributed by atoms with Gasteiger partial charge in [0.25, 0.3) is 0 Å². The number of carbonyl (C=O) groups is 2. The van der Waals surface area contributed by atoms with Crippen LogP contribution >= 0.6 is 44.2 Å². The second-order valence-electron chi connectivity index (χ2n) is 4.79. The van der Waals surface area contributed by atoms with Gasteiger partial charge in [0.1, 0.15) is 17.6 Å². The van der Waals surface area contributed by atoms with E-state index >= 15 is 0 Å². The van der Waals surface area contributed by atoms with Crippen molar-refractivity contribution in [2.45, 2.75) is 19.0 Å². The molecule has 0 aliphatic carbocycles. The first-order chi connectivity index (χ1) is 11.3. The minimum absolute atomic E-state index is 0.194. The predicted octanol–water partition coefficient (Wildman–Crippen LogP) is 2.48. The van der Waals surface area contributed by atoms with Gasteiger partial charge in [-0.05, 0) is 46.9 Å². The van der Waals surface area contributed by atoms with Gasteiger partial charge in [-0.1, -0.05) is 28.2 Å². The first-order valence-electron chi connectivity index (χ1n) is 6.91. The highest BCUT2D eigenvalue weighted by Crippen LogP contribution is 2.25. The van der Waals surface area contributed by atoms with Crippen LogP contribution in [0.4, 0.5) is 0 Å². The zero-order chi connectivity index (χ0) is 18.1. The van der Waals surface area contributed by atoms with Gasteiger partial charge in [0, 0.05) is 22.0 Å². The fraction of sp³-hybridized carbons (Fsp3) is 0.333. The van der Waals surface area contributed by atoms with Crippen LogP contribution in [0.2, 0.25) is 0 Å². The number of ether oxygens (including phenoxy) is 1. The molecule has 0 saturated carbocycles. The summed E-state index contributed by atoms with van der Waals surface area (Å²) in [7, 11) is 2.74. The van der Waals surface area contributed by atoms with Crippen LogP contribution in [0, 0.1) is 3.57 Å². The number of hydrogen-bond donors (Lipinski definition) is 3. The summed E-state index contributed by atoms with van der Waals surface area (Å²) in [6.45, 7) is 5.31. The van der Waals surface area contributed by atoms with Gasteiger partial charge in [0.05, 0.1) is 6.04 Å². The van der Waals surface area contributed by atoms with E-state index < -0.39 is 12.0 Å². The van der Waals surface area contributed by atoms with Crippen molar-refractivity contribution >= 4 is 56.1 Å². The number of carboxylic acid groups (broad SMARTS) is 1. The van der Waals surface area contributed by atoms with Crippen molar-refractivity contribution in [2.75, 3.05) is 11.5 Å². The van der Waals surface area contributed by atoms with Crippen molar-refractivity contribution < 1.29 is 19.4 Å². The van der Waals surface area contributed by atoms with Crippen molar-refractivity contribution in [2.24, 2.45) is 5.73 Å². The third-order valence-corrected chi connectivity index (χ3v) is 5.88. The maximum atomic E-state index is 11.4. The molecule has 0 radical (unpaired) electrons. The minimum Gasteiger partial charge on any atom is -0.480 e. The number of rotatable bonds is 10. The molecule has 0 fully saturated rings. The fourth-order valence-electron chi connectivity index (χ4n) is 1.49. The molecule has 0 aliphatic rings. The second-order valence-corrected chi connectivity index (χ2v) is 8.59. The van der Waals surface area contributed by atoms with Crippen molar-refractivity contribution in [1.82, 2.24) is 5.32 Å². The molecule has 24 heavy (non-hydrogen) atoms. The monoisotopic (exact) mass is 482 g/mol. The Hall–Kier alpha value is -0.910. The molecule has 2 unspecified atom stereocenters. The number of hydrogen-bond acceptors (Lipinski definition) is 6. The lowest BCUT2D eigenvalue weighted by atomic mass is 10.3. The van der Waals surface area contributed by atoms with E-state index in [9.17, 15) is 9.59 Å². The van der Waals surface area contributed by atoms with Crippen LogP contribution in [0.15, 0.2) is 36.6 Å². The Morgan fingerprint density at radius 2 is 1.92 bits per heavy atom. The van der Waals surface area contributed by atoms with Crippen LogP contribution in [-0.4, -0.2) is 40.6 Å². The summed E-state index contributed by atoms with van der Waals surface area (Å²) in [5, 5.41) is 11.5. The molecular weight excluding hydrogens is 463 g/mol. The molecule has 132 valence electrons. The Morgan fingerprint density at radius 1 is 1.33 bits per heavy atom. The molecule has 0 heterocycles. The molecule has 1 aromatic carbocycles. The number of nitrogens with one attached hydrogen (secondary N) is 1. The molecule has 1 aromatic rings. The molecular formula is C15H19IN2O4S2. The van der Waals surface area contributed by atoms with Gasteiger partial charge in [-0.2, -0.15) is 0 Å². The van der Waals surface area contributed by atoms with Gasteiger partial charge >= 0.3 is 5.97 Å². The second kappa shape index (κ2) is 10.9. The molecule has 4 N–H and O–H groups in total. The normalized spacial score (nSPS) is 13.0. The maximum absolute atomic E-state index is 11.4. The lowest BCUT2D eigenvalue weighted by Gasteiger charge is -2.20. The van der Waals surface area contributed by atoms with Crippen LogP contribution in [-0.2, 0) is 9.59 Å². The van der Waals surface area contributed by atoms with E-state index in [1.54, 1.807) is 0 Å². The first kappa shape index (κ1) is 21.1. The number of nitrogens with two attached hydrogens (primary N) is 1. The van der Waals surface area contributed by atoms with Gasteiger partial charge in [-0.15, -0.1) is 0 Å². The minimum atomic E-state index is -1.03. The molecule has 1 rings (SSSR count). The van der Waals surface area contributed by atoms with Gasteiger partial charge < -0.3 is 20.9 Å². The number of benzene rings is 1. The van der Waals surface area contributed by atoms with Gasteiger partial charge in [-0.25, -0.2) is 0 Å². The molecule has 0 spiro atoms. The van der Waals surface area contributed by atoms with E-state index in [-0.39, 0.29) is 17.7 Å². The van der Waals surface area contributed by atoms with Gasteiger partial charge in [-0.3, -0.25) is 9.59 Å². The molecule has 0 saturated heterocycles. The third kappa shape index (κ3) is 8.27. The van der Waals surface area contributed by atoms with Gasteiger partial charge in [0.2, 0.25) is 5.91 Å². The van der Waals surface area contributed by atoms with Crippen molar-refractivity contribution in [3.05, 3.63) is 40.2 Å².